The molecule has 1 atom stereocenters. The van der Waals surface area contributed by atoms with Crippen molar-refractivity contribution in [3.63, 3.8) is 0 Å². The largest absolute Gasteiger partial charge is 0.492 e. The van der Waals surface area contributed by atoms with Crippen LogP contribution in [0.5, 0.6) is 5.75 Å². The van der Waals surface area contributed by atoms with Crippen LogP contribution in [0.15, 0.2) is 54.7 Å². The number of alkyl halides is 3. The molecule has 2 fully saturated rings. The molecule has 18 heteroatoms. The van der Waals surface area contributed by atoms with Gasteiger partial charge in [0.15, 0.2) is 23.6 Å². The lowest BCUT2D eigenvalue weighted by Gasteiger charge is -2.30. The van der Waals surface area contributed by atoms with Crippen LogP contribution in [0.3, 0.4) is 0 Å². The molecule has 1 aromatic heterocycles. The van der Waals surface area contributed by atoms with E-state index in [0.717, 1.165) is 16.7 Å². The third-order valence-electron chi connectivity index (χ3n) is 9.93. The molecule has 2 aromatic carbocycles. The van der Waals surface area contributed by atoms with Crippen LogP contribution >= 0.6 is 12.2 Å². The minimum atomic E-state index is -4.86. The van der Waals surface area contributed by atoms with E-state index in [2.05, 4.69) is 25.8 Å². The van der Waals surface area contributed by atoms with Crippen LogP contribution < -0.4 is 30.5 Å². The Kier molecular flexibility index (Phi) is 11.9. The highest BCUT2D eigenvalue weighted by Gasteiger charge is 2.51. The van der Waals surface area contributed by atoms with Crippen molar-refractivity contribution in [3.05, 3.63) is 71.5 Å². The SMILES string of the molecule is CCc1cc(N2C(=S)N(c3cnc(C#N)c(C(F)(F)F)c3)C(=O)C2(C)C)ccc1OCCN1CC=[N+](CC(=O)Nc2cccc(NC3CCC(=O)NC3=O)c2)CC1. The van der Waals surface area contributed by atoms with E-state index in [0.29, 0.717) is 74.5 Å². The van der Waals surface area contributed by atoms with Crippen LogP contribution in [-0.2, 0) is 31.8 Å². The number of nitrogens with zero attached hydrogens (tertiary/aromatic N) is 6. The van der Waals surface area contributed by atoms with Crippen molar-refractivity contribution in [2.75, 3.05) is 59.8 Å². The second kappa shape index (κ2) is 16.7. The summed E-state index contributed by atoms with van der Waals surface area (Å²) in [5.41, 5.74) is -0.849. The number of pyridine rings is 1. The first kappa shape index (κ1) is 40.7. The molecule has 4 heterocycles. The monoisotopic (exact) mass is 804 g/mol. The summed E-state index contributed by atoms with van der Waals surface area (Å²) in [4.78, 5) is 58.5. The first-order chi connectivity index (χ1) is 27.1. The number of hydrogen-bond donors (Lipinski definition) is 3. The number of nitriles is 1. The molecular weight excluding hydrogens is 764 g/mol. The number of thiocarbonyl (C=S) groups is 1. The molecule has 0 aliphatic carbocycles. The minimum Gasteiger partial charge on any atom is -0.492 e. The fraction of sp³-hybridized carbons (Fsp3) is 0.385. The average molecular weight is 805 g/mol. The van der Waals surface area contributed by atoms with E-state index in [9.17, 15) is 32.3 Å². The fourth-order valence-corrected chi connectivity index (χ4v) is 7.40. The lowest BCUT2D eigenvalue weighted by molar-refractivity contribution is -0.517. The zero-order valence-corrected chi connectivity index (χ0v) is 32.3. The third kappa shape index (κ3) is 9.05. The van der Waals surface area contributed by atoms with Crippen molar-refractivity contribution in [1.29, 1.82) is 5.26 Å². The summed E-state index contributed by atoms with van der Waals surface area (Å²) in [7, 11) is 0. The highest BCUT2D eigenvalue weighted by Crippen LogP contribution is 2.40. The zero-order chi connectivity index (χ0) is 41.1. The normalized spacial score (nSPS) is 18.5. The van der Waals surface area contributed by atoms with Crippen molar-refractivity contribution < 1.29 is 41.7 Å². The molecule has 0 radical (unpaired) electrons. The van der Waals surface area contributed by atoms with Gasteiger partial charge in [0.1, 0.15) is 30.0 Å². The van der Waals surface area contributed by atoms with Gasteiger partial charge in [-0.1, -0.05) is 13.0 Å². The quantitative estimate of drug-likeness (QED) is 0.137. The van der Waals surface area contributed by atoms with Gasteiger partial charge in [0, 0.05) is 30.0 Å². The summed E-state index contributed by atoms with van der Waals surface area (Å²) in [6.07, 6.45) is -0.608. The van der Waals surface area contributed by atoms with Gasteiger partial charge in [-0.25, -0.2) is 9.56 Å². The molecule has 0 spiro atoms. The highest BCUT2D eigenvalue weighted by atomic mass is 32.1. The first-order valence-electron chi connectivity index (χ1n) is 18.3. The van der Waals surface area contributed by atoms with E-state index in [4.69, 9.17) is 22.2 Å². The van der Waals surface area contributed by atoms with Crippen molar-refractivity contribution in [3.8, 4) is 11.8 Å². The van der Waals surface area contributed by atoms with E-state index < -0.39 is 34.9 Å². The topological polar surface area (TPSA) is 163 Å². The second-order valence-electron chi connectivity index (χ2n) is 14.2. The molecule has 4 amide bonds. The summed E-state index contributed by atoms with van der Waals surface area (Å²) in [6.45, 7) is 8.36. The maximum atomic E-state index is 13.7. The van der Waals surface area contributed by atoms with E-state index in [-0.39, 0.29) is 41.5 Å². The highest BCUT2D eigenvalue weighted by molar-refractivity contribution is 7.81. The number of nitrogens with one attached hydrogen (secondary N) is 3. The standard InChI is InChI=1S/C39H40F3N9O5S/c1-4-24-18-27(51-37(57)50(36(55)38(51,2)3)28-20-29(39(40,41)42)31(21-43)44-22-28)8-10-32(24)56-17-16-48-12-14-49(15-13-48)23-34(53)46-26-7-5-6-25(19-26)45-30-9-11-33(52)47-35(30)54/h5-8,10,14,18-20,22,30,45H,4,9,11-13,15-17,23H2,1-3H3,(H-,46,47,52,53,54)/p+1. The number of carbonyl (C=O) groups is 4. The number of aromatic nitrogens is 1. The summed E-state index contributed by atoms with van der Waals surface area (Å²) >= 11 is 5.67. The van der Waals surface area contributed by atoms with Gasteiger partial charge in [0.05, 0.1) is 30.5 Å². The van der Waals surface area contributed by atoms with Crippen molar-refractivity contribution >= 4 is 69.9 Å². The fourth-order valence-electron chi connectivity index (χ4n) is 6.88. The second-order valence-corrected chi connectivity index (χ2v) is 14.6. The molecule has 0 bridgehead atoms. The van der Waals surface area contributed by atoms with Gasteiger partial charge in [0.25, 0.3) is 11.8 Å². The molecule has 3 N–H and O–H groups in total. The van der Waals surface area contributed by atoms with E-state index in [1.165, 1.54) is 6.07 Å². The number of aryl methyl sites for hydroxylation is 1. The van der Waals surface area contributed by atoms with Gasteiger partial charge in [-0.2, -0.15) is 18.4 Å². The van der Waals surface area contributed by atoms with Crippen molar-refractivity contribution in [1.82, 2.24) is 15.2 Å². The predicted molar refractivity (Wildman–Crippen MR) is 209 cm³/mol. The Morgan fingerprint density at radius 3 is 2.60 bits per heavy atom. The van der Waals surface area contributed by atoms with Gasteiger partial charge in [-0.3, -0.25) is 34.3 Å². The number of halogens is 3. The zero-order valence-electron chi connectivity index (χ0n) is 31.5. The molecule has 298 valence electrons. The van der Waals surface area contributed by atoms with Gasteiger partial charge in [0.2, 0.25) is 18.4 Å². The number of rotatable bonds is 12. The van der Waals surface area contributed by atoms with Gasteiger partial charge in [-0.05, 0) is 86.9 Å². The molecule has 0 saturated carbocycles. The Bertz CT molecular complexity index is 2190. The molecule has 6 rings (SSSR count). The number of hydrogen-bond acceptors (Lipinski definition) is 10. The van der Waals surface area contributed by atoms with Crippen LogP contribution in [0.1, 0.15) is 50.4 Å². The maximum absolute atomic E-state index is 13.7. The average Bonchev–Trinajstić information content (AvgIpc) is 3.34. The summed E-state index contributed by atoms with van der Waals surface area (Å²) in [5, 5.41) is 17.5. The molecule has 3 aliphatic rings. The number of anilines is 4. The van der Waals surface area contributed by atoms with Crippen LogP contribution in [0.4, 0.5) is 35.9 Å². The molecule has 1 unspecified atom stereocenters. The lowest BCUT2D eigenvalue weighted by Crippen LogP contribution is -2.47. The van der Waals surface area contributed by atoms with Crippen LogP contribution in [0.2, 0.25) is 0 Å². The number of piperidine rings is 1. The van der Waals surface area contributed by atoms with Crippen LogP contribution in [-0.4, -0.2) is 100 Å². The molecule has 14 nitrogen and oxygen atoms in total. The molecule has 3 aliphatic heterocycles. The number of imide groups is 1. The molecule has 2 saturated heterocycles. The van der Waals surface area contributed by atoms with E-state index in [1.807, 2.05) is 23.8 Å². The number of ether oxygens (including phenoxy) is 1. The maximum Gasteiger partial charge on any atom is 0.419 e. The molecular formula is C39H41F3N9O5S+. The Labute approximate surface area is 332 Å². The lowest BCUT2D eigenvalue weighted by atomic mass is 10.0. The third-order valence-corrected chi connectivity index (χ3v) is 10.3. The smallest absolute Gasteiger partial charge is 0.419 e. The van der Waals surface area contributed by atoms with Crippen LogP contribution in [0.25, 0.3) is 0 Å². The van der Waals surface area contributed by atoms with Gasteiger partial charge >= 0.3 is 6.18 Å². The van der Waals surface area contributed by atoms with Gasteiger partial charge in [-0.15, -0.1) is 0 Å². The Morgan fingerprint density at radius 2 is 1.91 bits per heavy atom. The number of benzene rings is 2. The predicted octanol–water partition coefficient (Wildman–Crippen LogP) is 4.08. The first-order valence-corrected chi connectivity index (χ1v) is 18.7. The van der Waals surface area contributed by atoms with E-state index >= 15 is 0 Å². The summed E-state index contributed by atoms with van der Waals surface area (Å²) in [5.74, 6) is -0.747. The Hall–Kier alpha value is -5.93. The molecule has 57 heavy (non-hydrogen) atoms. The van der Waals surface area contributed by atoms with E-state index in [1.54, 1.807) is 55.1 Å². The minimum absolute atomic E-state index is 0.0261. The number of carbonyl (C=O) groups excluding carboxylic acids is 4. The molecule has 3 aromatic rings. The summed E-state index contributed by atoms with van der Waals surface area (Å²) < 4.78 is 49.3. The Morgan fingerprint density at radius 1 is 1.14 bits per heavy atom. The van der Waals surface area contributed by atoms with Crippen LogP contribution in [0, 0.1) is 11.3 Å². The summed E-state index contributed by atoms with van der Waals surface area (Å²) in [6, 6.07) is 14.1. The van der Waals surface area contributed by atoms with Gasteiger partial charge < -0.3 is 20.3 Å². The number of amides is 4. The van der Waals surface area contributed by atoms with Crippen molar-refractivity contribution in [2.45, 2.75) is 57.8 Å². The Balaban J connectivity index is 1.02. The van der Waals surface area contributed by atoms with Crippen molar-refractivity contribution in [2.24, 2.45) is 0 Å².